The Morgan fingerprint density at radius 1 is 0.975 bits per heavy atom. The zero-order valence-electron chi connectivity index (χ0n) is 22.2. The molecule has 0 saturated carbocycles. The summed E-state index contributed by atoms with van der Waals surface area (Å²) >= 11 is 6.48. The summed E-state index contributed by atoms with van der Waals surface area (Å²) in [6.45, 7) is 3.47. The summed E-state index contributed by atoms with van der Waals surface area (Å²) in [5.74, 6) is 0.829. The number of anilines is 2. The van der Waals surface area contributed by atoms with Crippen LogP contribution in [0.15, 0.2) is 72.8 Å². The highest BCUT2D eigenvalue weighted by Gasteiger charge is 2.34. The van der Waals surface area contributed by atoms with E-state index in [1.165, 1.54) is 16.5 Å². The van der Waals surface area contributed by atoms with E-state index in [1.54, 1.807) is 0 Å². The van der Waals surface area contributed by atoms with E-state index in [2.05, 4.69) is 68.3 Å². The molecule has 0 amide bonds. The molecule has 2 aliphatic heterocycles. The molecule has 1 aromatic heterocycles. The van der Waals surface area contributed by atoms with E-state index >= 15 is 0 Å². The maximum atomic E-state index is 10.9. The number of halogens is 1. The molecule has 3 aromatic carbocycles. The first kappa shape index (κ1) is 26.5. The fourth-order valence-corrected chi connectivity index (χ4v) is 5.99. The van der Waals surface area contributed by atoms with Crippen molar-refractivity contribution in [1.29, 1.82) is 5.26 Å². The Kier molecular flexibility index (Phi) is 7.80. The van der Waals surface area contributed by atoms with Crippen LogP contribution in [0.2, 0.25) is 5.28 Å². The summed E-state index contributed by atoms with van der Waals surface area (Å²) in [4.78, 5) is 15.7. The smallest absolute Gasteiger partial charge is 0.224 e. The SMILES string of the molecule is N#CCC1CN(c2nc(Cl)nc3c2CCN(c2cccc4ccccc24)C3)CCN1C(O)OCc1ccccc1. The van der Waals surface area contributed by atoms with Crippen molar-refractivity contribution in [2.45, 2.75) is 38.4 Å². The van der Waals surface area contributed by atoms with Crippen molar-refractivity contribution in [1.82, 2.24) is 14.9 Å². The topological polar surface area (TPSA) is 88.8 Å². The Morgan fingerprint density at radius 2 is 1.77 bits per heavy atom. The Hall–Kier alpha value is -3.74. The van der Waals surface area contributed by atoms with Crippen LogP contribution < -0.4 is 9.80 Å². The Balaban J connectivity index is 1.20. The average molecular weight is 555 g/mol. The molecule has 2 atom stereocenters. The first-order chi connectivity index (χ1) is 19.6. The Morgan fingerprint density at radius 3 is 2.62 bits per heavy atom. The van der Waals surface area contributed by atoms with Crippen molar-refractivity contribution >= 4 is 33.9 Å². The quantitative estimate of drug-likeness (QED) is 0.259. The van der Waals surface area contributed by atoms with E-state index < -0.39 is 6.41 Å². The van der Waals surface area contributed by atoms with Gasteiger partial charge >= 0.3 is 0 Å². The lowest BCUT2D eigenvalue weighted by Crippen LogP contribution is -2.57. The van der Waals surface area contributed by atoms with Crippen molar-refractivity contribution in [3.63, 3.8) is 0 Å². The number of rotatable bonds is 7. The minimum absolute atomic E-state index is 0.218. The van der Waals surface area contributed by atoms with Crippen LogP contribution in [0, 0.1) is 11.3 Å². The van der Waals surface area contributed by atoms with Gasteiger partial charge in [-0.3, -0.25) is 0 Å². The summed E-state index contributed by atoms with van der Waals surface area (Å²) in [6.07, 6.45) is -0.0485. The van der Waals surface area contributed by atoms with Crippen LogP contribution in [0.3, 0.4) is 0 Å². The summed E-state index contributed by atoms with van der Waals surface area (Å²) in [6, 6.07) is 26.6. The van der Waals surface area contributed by atoms with Gasteiger partial charge in [0.1, 0.15) is 5.82 Å². The molecule has 2 unspecified atom stereocenters. The van der Waals surface area contributed by atoms with Gasteiger partial charge in [-0.1, -0.05) is 66.7 Å². The average Bonchev–Trinajstić information content (AvgIpc) is 2.99. The predicted octanol–water partition coefficient (Wildman–Crippen LogP) is 4.74. The van der Waals surface area contributed by atoms with E-state index in [0.717, 1.165) is 35.6 Å². The molecule has 204 valence electrons. The fraction of sp³-hybridized carbons (Fsp3) is 0.323. The van der Waals surface area contributed by atoms with Crippen molar-refractivity contribution in [3.05, 3.63) is 94.9 Å². The Labute approximate surface area is 239 Å². The van der Waals surface area contributed by atoms with Crippen LogP contribution in [0.25, 0.3) is 10.8 Å². The number of fused-ring (bicyclic) bond motifs is 2. The number of aliphatic hydroxyl groups is 1. The number of hydrogen-bond donors (Lipinski definition) is 1. The molecule has 0 bridgehead atoms. The number of benzene rings is 3. The lowest BCUT2D eigenvalue weighted by atomic mass is 10.0. The van der Waals surface area contributed by atoms with Gasteiger partial charge in [0.05, 0.1) is 31.3 Å². The minimum Gasteiger partial charge on any atom is -0.365 e. The van der Waals surface area contributed by atoms with Gasteiger partial charge in [-0.25, -0.2) is 14.9 Å². The first-order valence-corrected chi connectivity index (χ1v) is 14.0. The molecule has 0 aliphatic carbocycles. The molecule has 2 aliphatic rings. The van der Waals surface area contributed by atoms with Crippen LogP contribution in [0.5, 0.6) is 0 Å². The van der Waals surface area contributed by atoms with Gasteiger partial charge in [-0.05, 0) is 35.0 Å². The lowest BCUT2D eigenvalue weighted by molar-refractivity contribution is -0.213. The van der Waals surface area contributed by atoms with Gasteiger partial charge < -0.3 is 19.6 Å². The van der Waals surface area contributed by atoms with Crippen LogP contribution in [0.4, 0.5) is 11.5 Å². The number of nitriles is 1. The molecule has 1 N–H and O–H groups in total. The van der Waals surface area contributed by atoms with Gasteiger partial charge in [0.2, 0.25) is 11.7 Å². The molecule has 0 radical (unpaired) electrons. The van der Waals surface area contributed by atoms with Gasteiger partial charge in [0.15, 0.2) is 0 Å². The Bertz CT molecular complexity index is 1520. The summed E-state index contributed by atoms with van der Waals surface area (Å²) in [5, 5.41) is 23.1. The predicted molar refractivity (Wildman–Crippen MR) is 156 cm³/mol. The molecule has 4 aromatic rings. The van der Waals surface area contributed by atoms with E-state index in [-0.39, 0.29) is 17.7 Å². The monoisotopic (exact) mass is 554 g/mol. The third-order valence-corrected chi connectivity index (χ3v) is 7.97. The van der Waals surface area contributed by atoms with Crippen LogP contribution in [-0.4, -0.2) is 58.6 Å². The van der Waals surface area contributed by atoms with Crippen LogP contribution in [-0.2, 0) is 24.3 Å². The van der Waals surface area contributed by atoms with Gasteiger partial charge in [0.25, 0.3) is 0 Å². The van der Waals surface area contributed by atoms with Crippen molar-refractivity contribution in [2.24, 2.45) is 0 Å². The lowest BCUT2D eigenvalue weighted by Gasteiger charge is -2.43. The molecule has 8 nitrogen and oxygen atoms in total. The highest BCUT2D eigenvalue weighted by Crippen LogP contribution is 2.34. The second kappa shape index (κ2) is 11.8. The molecule has 6 rings (SSSR count). The summed E-state index contributed by atoms with van der Waals surface area (Å²) in [7, 11) is 0. The normalized spacial score (nSPS) is 18.4. The molecule has 1 saturated heterocycles. The molecule has 3 heterocycles. The molecular formula is C31H31ClN6O2. The number of aromatic nitrogens is 2. The second-order valence-electron chi connectivity index (χ2n) is 10.2. The van der Waals surface area contributed by atoms with E-state index in [4.69, 9.17) is 16.3 Å². The maximum absolute atomic E-state index is 10.9. The first-order valence-electron chi connectivity index (χ1n) is 13.6. The molecule has 1 fully saturated rings. The molecule has 9 heteroatoms. The highest BCUT2D eigenvalue weighted by molar-refractivity contribution is 6.28. The van der Waals surface area contributed by atoms with Crippen molar-refractivity contribution in [3.8, 4) is 6.07 Å². The van der Waals surface area contributed by atoms with E-state index in [0.29, 0.717) is 32.8 Å². The van der Waals surface area contributed by atoms with E-state index in [9.17, 15) is 10.4 Å². The molecule has 40 heavy (non-hydrogen) atoms. The van der Waals surface area contributed by atoms with Crippen molar-refractivity contribution < 1.29 is 9.84 Å². The van der Waals surface area contributed by atoms with Gasteiger partial charge in [-0.15, -0.1) is 0 Å². The zero-order chi connectivity index (χ0) is 27.5. The number of nitrogens with zero attached hydrogens (tertiary/aromatic N) is 6. The third-order valence-electron chi connectivity index (χ3n) is 7.80. The minimum atomic E-state index is -1.10. The number of aliphatic hydroxyl groups excluding tert-OH is 1. The number of piperazine rings is 1. The second-order valence-corrected chi connectivity index (χ2v) is 10.6. The summed E-state index contributed by atoms with van der Waals surface area (Å²) < 4.78 is 5.78. The number of hydrogen-bond acceptors (Lipinski definition) is 8. The third kappa shape index (κ3) is 5.47. The van der Waals surface area contributed by atoms with Gasteiger partial charge in [0, 0.05) is 48.9 Å². The van der Waals surface area contributed by atoms with Gasteiger partial charge in [-0.2, -0.15) is 5.26 Å². The maximum Gasteiger partial charge on any atom is 0.224 e. The standard InChI is InChI=1S/C31H31ClN6O2/c32-30-34-27-20-36(28-12-6-10-23-9-4-5-11-25(23)28)16-14-26(27)29(35-30)37-17-18-38(24(19-37)13-15-33)31(39)40-21-22-7-2-1-3-8-22/h1-12,24,31,39H,13-14,16-21H2. The zero-order valence-corrected chi connectivity index (χ0v) is 22.9. The molecule has 0 spiro atoms. The summed E-state index contributed by atoms with van der Waals surface area (Å²) in [5.41, 5.74) is 4.20. The number of ether oxygens (including phenoxy) is 1. The fourth-order valence-electron chi connectivity index (χ4n) is 5.81. The molecular weight excluding hydrogens is 524 g/mol. The van der Waals surface area contributed by atoms with Crippen molar-refractivity contribution in [2.75, 3.05) is 36.0 Å². The van der Waals surface area contributed by atoms with Crippen LogP contribution in [0.1, 0.15) is 23.2 Å². The highest BCUT2D eigenvalue weighted by atomic mass is 35.5. The van der Waals surface area contributed by atoms with Crippen LogP contribution >= 0.6 is 11.6 Å². The van der Waals surface area contributed by atoms with E-state index in [1.807, 2.05) is 35.2 Å². The largest absolute Gasteiger partial charge is 0.365 e.